The largest absolute Gasteiger partial charge is 0.489 e. The Labute approximate surface area is 91.6 Å². The van der Waals surface area contributed by atoms with Crippen molar-refractivity contribution in [2.75, 3.05) is 0 Å². The van der Waals surface area contributed by atoms with E-state index in [1.54, 1.807) is 0 Å². The Kier molecular flexibility index (Phi) is 3.39. The molecule has 0 unspecified atom stereocenters. The van der Waals surface area contributed by atoms with Crippen molar-refractivity contribution in [3.8, 4) is 0 Å². The van der Waals surface area contributed by atoms with Gasteiger partial charge in [-0.3, -0.25) is 10.1 Å². The maximum Gasteiger partial charge on any atom is 0.489 e. The second-order valence-electron chi connectivity index (χ2n) is 3.02. The van der Waals surface area contributed by atoms with E-state index in [9.17, 15) is 27.7 Å². The van der Waals surface area contributed by atoms with Gasteiger partial charge in [0.1, 0.15) is 0 Å². The third-order valence-corrected chi connectivity index (χ3v) is 1.90. The first-order valence-electron chi connectivity index (χ1n) is 4.05. The number of nitrogens with zero attached hydrogens (tertiary/aromatic N) is 1. The minimum absolute atomic E-state index is 0.142. The average Bonchev–Trinajstić information content (AvgIpc) is 2.14. The molecule has 0 aromatic heterocycles. The number of benzene rings is 1. The molecule has 0 amide bonds. The Hall–Kier alpha value is -1.68. The number of rotatable bonds is 2. The molecule has 0 aliphatic carbocycles. The lowest BCUT2D eigenvalue weighted by Gasteiger charge is -2.12. The highest BCUT2D eigenvalue weighted by atomic mass is 19.4. The highest BCUT2D eigenvalue weighted by Gasteiger charge is 2.38. The molecule has 5 nitrogen and oxygen atoms in total. The van der Waals surface area contributed by atoms with Crippen molar-refractivity contribution in [1.29, 1.82) is 0 Å². The Morgan fingerprint density at radius 3 is 2.18 bits per heavy atom. The van der Waals surface area contributed by atoms with Crippen LogP contribution in [0.3, 0.4) is 0 Å². The monoisotopic (exact) mass is 253 g/mol. The molecule has 0 bridgehead atoms. The summed E-state index contributed by atoms with van der Waals surface area (Å²) in [6.45, 7) is 0. The molecule has 1 rings (SSSR count). The summed E-state index contributed by atoms with van der Waals surface area (Å²) >= 11 is 0. The minimum atomic E-state index is -5.05. The molecule has 0 aliphatic rings. The molecular weight excluding hydrogens is 249 g/mol. The van der Waals surface area contributed by atoms with E-state index in [2.05, 4.69) is 0 Å². The van der Waals surface area contributed by atoms with Crippen LogP contribution in [0.1, 0.15) is 5.56 Å². The van der Waals surface area contributed by atoms with Gasteiger partial charge in [0.15, 0.2) is 0 Å². The molecule has 1 aromatic rings. The van der Waals surface area contributed by atoms with Crippen molar-refractivity contribution >= 4 is 18.3 Å². The lowest BCUT2D eigenvalue weighted by Crippen LogP contribution is -2.36. The van der Waals surface area contributed by atoms with Crippen molar-refractivity contribution < 1.29 is 32.5 Å². The van der Waals surface area contributed by atoms with E-state index < -0.39 is 40.7 Å². The number of hydrogen-bond acceptors (Lipinski definition) is 4. The molecule has 92 valence electrons. The van der Waals surface area contributed by atoms with E-state index in [1.165, 1.54) is 0 Å². The summed E-state index contributed by atoms with van der Waals surface area (Å²) in [5.74, 6) is -1.70. The fourth-order valence-electron chi connectivity index (χ4n) is 1.18. The molecule has 0 spiro atoms. The molecule has 0 aliphatic heterocycles. The van der Waals surface area contributed by atoms with Gasteiger partial charge in [0.25, 0.3) is 0 Å². The van der Waals surface area contributed by atoms with Crippen molar-refractivity contribution in [2.24, 2.45) is 0 Å². The van der Waals surface area contributed by atoms with Crippen molar-refractivity contribution in [3.05, 3.63) is 33.6 Å². The topological polar surface area (TPSA) is 83.6 Å². The highest BCUT2D eigenvalue weighted by molar-refractivity contribution is 6.59. The van der Waals surface area contributed by atoms with Gasteiger partial charge < -0.3 is 10.0 Å². The van der Waals surface area contributed by atoms with Crippen LogP contribution < -0.4 is 5.46 Å². The van der Waals surface area contributed by atoms with Gasteiger partial charge in [-0.1, -0.05) is 0 Å². The molecule has 1 aromatic carbocycles. The fourth-order valence-corrected chi connectivity index (χ4v) is 1.18. The standard InChI is InChI=1S/C7H4BF4NO4/c9-5-1-3(7(10,11)12)4(8(14)15)2-6(5)13(16)17/h1-2,14-15H. The minimum Gasteiger partial charge on any atom is -0.423 e. The van der Waals surface area contributed by atoms with Gasteiger partial charge in [0.2, 0.25) is 5.82 Å². The predicted molar refractivity (Wildman–Crippen MR) is 47.9 cm³/mol. The van der Waals surface area contributed by atoms with Crippen LogP contribution in [0, 0.1) is 15.9 Å². The highest BCUT2D eigenvalue weighted by Crippen LogP contribution is 2.30. The van der Waals surface area contributed by atoms with Gasteiger partial charge in [-0.25, -0.2) is 0 Å². The van der Waals surface area contributed by atoms with E-state index in [-0.39, 0.29) is 12.1 Å². The molecule has 0 saturated heterocycles. The van der Waals surface area contributed by atoms with Crippen LogP contribution in [-0.2, 0) is 6.18 Å². The number of alkyl halides is 3. The molecule has 0 heterocycles. The molecule has 0 radical (unpaired) electrons. The molecule has 0 atom stereocenters. The second kappa shape index (κ2) is 4.30. The molecule has 2 N–H and O–H groups in total. The zero-order valence-electron chi connectivity index (χ0n) is 7.90. The number of nitro groups is 1. The van der Waals surface area contributed by atoms with Crippen LogP contribution in [0.5, 0.6) is 0 Å². The first-order valence-corrected chi connectivity index (χ1v) is 4.05. The summed E-state index contributed by atoms with van der Waals surface area (Å²) in [7, 11) is -2.59. The average molecular weight is 253 g/mol. The molecule has 17 heavy (non-hydrogen) atoms. The van der Waals surface area contributed by atoms with Gasteiger partial charge in [-0.2, -0.15) is 17.6 Å². The van der Waals surface area contributed by atoms with Gasteiger partial charge in [-0.15, -0.1) is 0 Å². The Balaban J connectivity index is 3.53. The van der Waals surface area contributed by atoms with E-state index >= 15 is 0 Å². The maximum atomic E-state index is 13.0. The second-order valence-corrected chi connectivity index (χ2v) is 3.02. The lowest BCUT2D eigenvalue weighted by atomic mass is 9.76. The SMILES string of the molecule is O=[N+]([O-])c1cc(B(O)O)c(C(F)(F)F)cc1F. The van der Waals surface area contributed by atoms with Crippen molar-refractivity contribution in [2.45, 2.75) is 6.18 Å². The third kappa shape index (κ3) is 2.71. The summed E-state index contributed by atoms with van der Waals surface area (Å²) < 4.78 is 50.1. The van der Waals surface area contributed by atoms with Gasteiger partial charge >= 0.3 is 19.0 Å². The number of halogens is 4. The van der Waals surface area contributed by atoms with Crippen LogP contribution >= 0.6 is 0 Å². The van der Waals surface area contributed by atoms with Gasteiger partial charge in [-0.05, 0) is 6.07 Å². The van der Waals surface area contributed by atoms with Gasteiger partial charge in [0, 0.05) is 11.5 Å². The number of nitro benzene ring substituents is 1. The van der Waals surface area contributed by atoms with E-state index in [0.717, 1.165) is 0 Å². The zero-order chi connectivity index (χ0) is 13.4. The third-order valence-electron chi connectivity index (χ3n) is 1.90. The van der Waals surface area contributed by atoms with Crippen LogP contribution in [0.15, 0.2) is 12.1 Å². The molecule has 0 saturated carbocycles. The van der Waals surface area contributed by atoms with E-state index in [4.69, 9.17) is 10.0 Å². The van der Waals surface area contributed by atoms with Crippen LogP contribution in [0.4, 0.5) is 23.2 Å². The first-order chi connectivity index (χ1) is 7.64. The number of hydrogen-bond donors (Lipinski definition) is 2. The van der Waals surface area contributed by atoms with Crippen LogP contribution in [0.25, 0.3) is 0 Å². The quantitative estimate of drug-likeness (QED) is 0.346. The molecule has 0 fully saturated rings. The van der Waals surface area contributed by atoms with Crippen LogP contribution in [-0.4, -0.2) is 22.1 Å². The Bertz CT molecular complexity index is 462. The molecular formula is C7H4BF4NO4. The van der Waals surface area contributed by atoms with E-state index in [1.807, 2.05) is 0 Å². The smallest absolute Gasteiger partial charge is 0.423 e. The Morgan fingerprint density at radius 1 is 1.29 bits per heavy atom. The summed E-state index contributed by atoms with van der Waals surface area (Å²) in [6.07, 6.45) is -5.05. The van der Waals surface area contributed by atoms with Crippen molar-refractivity contribution in [3.63, 3.8) is 0 Å². The molecule has 10 heteroatoms. The maximum absolute atomic E-state index is 13.0. The van der Waals surface area contributed by atoms with Crippen LogP contribution in [0.2, 0.25) is 0 Å². The Morgan fingerprint density at radius 2 is 1.82 bits per heavy atom. The summed E-state index contributed by atoms with van der Waals surface area (Å²) in [4.78, 5) is 9.02. The summed E-state index contributed by atoms with van der Waals surface area (Å²) in [6, 6.07) is -0.00424. The summed E-state index contributed by atoms with van der Waals surface area (Å²) in [5, 5.41) is 27.6. The van der Waals surface area contributed by atoms with Gasteiger partial charge in [0.05, 0.1) is 10.5 Å². The normalized spacial score (nSPS) is 11.4. The van der Waals surface area contributed by atoms with Crippen molar-refractivity contribution in [1.82, 2.24) is 0 Å². The lowest BCUT2D eigenvalue weighted by molar-refractivity contribution is -0.387. The first kappa shape index (κ1) is 13.4. The summed E-state index contributed by atoms with van der Waals surface area (Å²) in [5.41, 5.74) is -4.11. The van der Waals surface area contributed by atoms with E-state index in [0.29, 0.717) is 0 Å². The fraction of sp³-hybridized carbons (Fsp3) is 0.143. The predicted octanol–water partition coefficient (Wildman–Crippen LogP) is 0.432. The zero-order valence-corrected chi connectivity index (χ0v) is 7.90.